The van der Waals surface area contributed by atoms with Crippen LogP contribution in [0.1, 0.15) is 93.7 Å². The van der Waals surface area contributed by atoms with E-state index >= 15 is 0 Å². The maximum atomic E-state index is 14.9. The van der Waals surface area contributed by atoms with Crippen molar-refractivity contribution in [3.05, 3.63) is 57.7 Å². The van der Waals surface area contributed by atoms with E-state index in [2.05, 4.69) is 15.4 Å². The minimum absolute atomic E-state index is 0.0289. The number of ether oxygens (including phenoxy) is 4. The molecule has 4 rings (SSSR count). The van der Waals surface area contributed by atoms with Crippen LogP contribution in [0.4, 0.5) is 47.3 Å². The number of hydrogen-bond donors (Lipinski definition) is 2. The minimum atomic E-state index is -0.962. The van der Waals surface area contributed by atoms with Gasteiger partial charge < -0.3 is 39.4 Å². The fraction of sp³-hybridized carbons (Fsp3) is 0.595. The lowest BCUT2D eigenvalue weighted by molar-refractivity contribution is -0.142. The van der Waals surface area contributed by atoms with Crippen LogP contribution in [0.5, 0.6) is 0 Å². The van der Waals surface area contributed by atoms with E-state index in [1.807, 2.05) is 0 Å². The number of nitrogens with zero attached hydrogens (tertiary/aromatic N) is 2. The molecule has 2 saturated heterocycles. The van der Waals surface area contributed by atoms with Crippen molar-refractivity contribution in [1.29, 1.82) is 0 Å². The van der Waals surface area contributed by atoms with Crippen molar-refractivity contribution >= 4 is 41.3 Å². The largest absolute Gasteiger partial charge is 0.466 e. The lowest BCUT2D eigenvalue weighted by atomic mass is 10.0. The Hall–Kier alpha value is -5.23. The quantitative estimate of drug-likeness (QED) is 0.0719. The van der Waals surface area contributed by atoms with Crippen LogP contribution in [0.2, 0.25) is 0 Å². The number of halogens is 6. The SMILES string of the molecule is CCOC(=O)CC(=O)c1cc(F)c(N2C[C@H](CF)[C@H](NC(=O)OC(C)(C)C)C2)c(C)c1F.CCOC(=O)c1cc(F)c(N2C[C@H](CF)[C@H](NC(=O)OC(C)(C)C)C2)c(C)c1F. The molecule has 2 fully saturated rings. The Balaban J connectivity index is 0.000000327. The first kappa shape index (κ1) is 50.1. The van der Waals surface area contributed by atoms with Gasteiger partial charge in [0.2, 0.25) is 0 Å². The maximum Gasteiger partial charge on any atom is 0.407 e. The predicted octanol–water partition coefficient (Wildman–Crippen LogP) is 7.46. The smallest absolute Gasteiger partial charge is 0.407 e. The molecule has 2 aliphatic rings. The highest BCUT2D eigenvalue weighted by Gasteiger charge is 2.39. The van der Waals surface area contributed by atoms with E-state index in [4.69, 9.17) is 14.2 Å². The normalized spacial score (nSPS) is 18.8. The number of ketones is 1. The molecule has 2 aromatic rings. The fourth-order valence-corrected chi connectivity index (χ4v) is 6.93. The average molecular weight is 875 g/mol. The van der Waals surface area contributed by atoms with Gasteiger partial charge in [-0.3, -0.25) is 18.4 Å². The number of alkyl carbamates (subject to hydrolysis) is 2. The van der Waals surface area contributed by atoms with E-state index in [-0.39, 0.29) is 61.9 Å². The number of alkyl halides is 2. The van der Waals surface area contributed by atoms with Gasteiger partial charge in [0.05, 0.1) is 61.1 Å². The number of carbonyl (C=O) groups excluding carboxylic acids is 5. The Labute approximate surface area is 351 Å². The first-order valence-corrected chi connectivity index (χ1v) is 19.8. The van der Waals surface area contributed by atoms with Crippen molar-refractivity contribution in [3.63, 3.8) is 0 Å². The second-order valence-electron chi connectivity index (χ2n) is 16.7. The summed E-state index contributed by atoms with van der Waals surface area (Å²) in [4.78, 5) is 62.6. The second-order valence-corrected chi connectivity index (χ2v) is 16.7. The molecule has 2 aromatic carbocycles. The summed E-state index contributed by atoms with van der Waals surface area (Å²) in [6.07, 6.45) is -2.15. The summed E-state index contributed by atoms with van der Waals surface area (Å²) < 4.78 is 106. The third-order valence-corrected chi connectivity index (χ3v) is 9.56. The highest BCUT2D eigenvalue weighted by molar-refractivity contribution is 6.06. The number of benzene rings is 2. The van der Waals surface area contributed by atoms with Crippen molar-refractivity contribution in [2.75, 3.05) is 62.5 Å². The van der Waals surface area contributed by atoms with E-state index in [9.17, 15) is 50.3 Å². The Morgan fingerprint density at radius 2 is 1.05 bits per heavy atom. The van der Waals surface area contributed by atoms with Gasteiger partial charge in [-0.1, -0.05) is 0 Å². The molecule has 2 amide bonds. The molecule has 0 bridgehead atoms. The summed E-state index contributed by atoms with van der Waals surface area (Å²) in [6.45, 7) is 14.7. The van der Waals surface area contributed by atoms with Crippen LogP contribution < -0.4 is 20.4 Å². The van der Waals surface area contributed by atoms with Crippen LogP contribution >= 0.6 is 0 Å². The molecule has 0 aromatic heterocycles. The summed E-state index contributed by atoms with van der Waals surface area (Å²) in [5, 5.41) is 5.19. The Kier molecular flexibility index (Phi) is 17.3. The number of hydrogen-bond acceptors (Lipinski definition) is 11. The number of amides is 2. The van der Waals surface area contributed by atoms with Gasteiger partial charge in [-0.05, 0) is 81.4 Å². The van der Waals surface area contributed by atoms with Crippen molar-refractivity contribution < 1.29 is 69.3 Å². The zero-order valence-electron chi connectivity index (χ0n) is 36.2. The average Bonchev–Trinajstić information content (AvgIpc) is 3.72. The van der Waals surface area contributed by atoms with Gasteiger partial charge in [0.15, 0.2) is 5.78 Å². The number of nitrogens with one attached hydrogen (secondary N) is 2. The van der Waals surface area contributed by atoms with E-state index in [1.54, 1.807) is 55.4 Å². The van der Waals surface area contributed by atoms with Crippen LogP contribution in [0, 0.1) is 49.0 Å². The van der Waals surface area contributed by atoms with Crippen molar-refractivity contribution in [2.45, 2.75) is 98.9 Å². The van der Waals surface area contributed by atoms with Gasteiger partial charge in [-0.25, -0.2) is 31.9 Å². The number of esters is 2. The number of rotatable bonds is 12. The van der Waals surface area contributed by atoms with E-state index in [0.717, 1.165) is 12.1 Å². The molecule has 0 spiro atoms. The third kappa shape index (κ3) is 13.4. The van der Waals surface area contributed by atoms with Crippen LogP contribution in [0.25, 0.3) is 0 Å². The lowest BCUT2D eigenvalue weighted by Gasteiger charge is -2.24. The predicted molar refractivity (Wildman–Crippen MR) is 213 cm³/mol. The Bertz CT molecular complexity index is 1940. The van der Waals surface area contributed by atoms with Gasteiger partial charge in [-0.2, -0.15) is 0 Å². The van der Waals surface area contributed by atoms with Crippen LogP contribution in [0.3, 0.4) is 0 Å². The molecule has 0 radical (unpaired) electrons. The van der Waals surface area contributed by atoms with Crippen LogP contribution in [-0.2, 0) is 23.7 Å². The van der Waals surface area contributed by atoms with Gasteiger partial charge in [0.1, 0.15) is 40.9 Å². The molecule has 2 aliphatic heterocycles. The number of anilines is 2. The highest BCUT2D eigenvalue weighted by Crippen LogP contribution is 2.35. The van der Waals surface area contributed by atoms with Crippen molar-refractivity contribution in [1.82, 2.24) is 10.6 Å². The monoisotopic (exact) mass is 874 g/mol. The van der Waals surface area contributed by atoms with Crippen LogP contribution in [0.15, 0.2) is 12.1 Å². The molecular formula is C42H56F6N4O9. The summed E-state index contributed by atoms with van der Waals surface area (Å²) in [6, 6.07) is 0.204. The summed E-state index contributed by atoms with van der Waals surface area (Å²) >= 11 is 0. The molecule has 0 aliphatic carbocycles. The first-order valence-electron chi connectivity index (χ1n) is 19.8. The second kappa shape index (κ2) is 21.0. The van der Waals surface area contributed by atoms with Gasteiger partial charge in [0.25, 0.3) is 0 Å². The van der Waals surface area contributed by atoms with E-state index in [1.165, 1.54) is 23.6 Å². The number of carbonyl (C=O) groups is 5. The zero-order chi connectivity index (χ0) is 46.1. The standard InChI is InChI=1S/C22H29F3N2O5.C20H27F3N2O4/c1-6-31-18(29)8-17(28)14-7-15(24)20(12(2)19(14)25)27-10-13(9-23)16(11-27)26-21(30)32-22(3,4)5;1-6-28-18(26)13-7-14(22)17(11(2)16(13)23)25-9-12(8-21)15(10-25)24-19(27)29-20(3,4)5/h7,13,16H,6,8-11H2,1-5H3,(H,26,30);7,12,15H,6,8-10H2,1-5H3,(H,24,27)/t13-,16+;12-,15+/m00/s1. The van der Waals surface area contributed by atoms with E-state index in [0.29, 0.717) is 0 Å². The third-order valence-electron chi connectivity index (χ3n) is 9.56. The number of Topliss-reactive ketones (excluding diaryl/α,β-unsaturated/α-hetero) is 1. The maximum absolute atomic E-state index is 14.9. The van der Waals surface area contributed by atoms with Gasteiger partial charge >= 0.3 is 24.1 Å². The molecule has 13 nitrogen and oxygen atoms in total. The molecule has 61 heavy (non-hydrogen) atoms. The first-order chi connectivity index (χ1) is 28.4. The fourth-order valence-electron chi connectivity index (χ4n) is 6.93. The van der Waals surface area contributed by atoms with E-state index < -0.39 is 119 Å². The summed E-state index contributed by atoms with van der Waals surface area (Å²) in [7, 11) is 0. The molecule has 0 saturated carbocycles. The Morgan fingerprint density at radius 3 is 1.43 bits per heavy atom. The molecule has 340 valence electrons. The highest BCUT2D eigenvalue weighted by atomic mass is 19.1. The van der Waals surface area contributed by atoms with Gasteiger partial charge in [-0.15, -0.1) is 0 Å². The van der Waals surface area contributed by atoms with Crippen molar-refractivity contribution in [2.24, 2.45) is 11.8 Å². The molecule has 2 heterocycles. The molecule has 19 heteroatoms. The minimum Gasteiger partial charge on any atom is -0.466 e. The molecule has 0 unspecified atom stereocenters. The molecule has 4 atom stereocenters. The summed E-state index contributed by atoms with van der Waals surface area (Å²) in [5.74, 6) is -7.51. The topological polar surface area (TPSA) is 153 Å². The summed E-state index contributed by atoms with van der Waals surface area (Å²) in [5.41, 5.74) is -2.93. The lowest BCUT2D eigenvalue weighted by Crippen LogP contribution is -2.43. The zero-order valence-corrected chi connectivity index (χ0v) is 36.2. The van der Waals surface area contributed by atoms with Crippen molar-refractivity contribution in [3.8, 4) is 0 Å². The van der Waals surface area contributed by atoms with Crippen LogP contribution in [-0.4, -0.2) is 106 Å². The molecule has 2 N–H and O–H groups in total. The molecular weight excluding hydrogens is 818 g/mol. The van der Waals surface area contributed by atoms with Gasteiger partial charge in [0, 0.05) is 49.1 Å². The Morgan fingerprint density at radius 1 is 0.656 bits per heavy atom.